The summed E-state index contributed by atoms with van der Waals surface area (Å²) >= 11 is 0.821. The van der Waals surface area contributed by atoms with Crippen molar-refractivity contribution >= 4 is 16.9 Å². The minimum Gasteiger partial charge on any atom is -0.305 e. The number of hydrogen-bond donors (Lipinski definition) is 0. The predicted octanol–water partition coefficient (Wildman–Crippen LogP) is 4.43. The lowest BCUT2D eigenvalue weighted by molar-refractivity contribution is -0.137. The summed E-state index contributed by atoms with van der Waals surface area (Å²) in [5.74, 6) is 0.600. The number of nitrogens with zero attached hydrogens (tertiary/aromatic N) is 3. The average molecular weight is 363 g/mol. The SMILES string of the molecule is Cn1c(SC(=O)c2ccc(C(F)(F)F)cc2)nnc1-c1ccccc1. The normalized spacial score (nSPS) is 11.5. The minimum absolute atomic E-state index is 0.169. The summed E-state index contributed by atoms with van der Waals surface area (Å²) in [6, 6.07) is 13.4. The quantitative estimate of drug-likeness (QED) is 0.646. The van der Waals surface area contributed by atoms with Gasteiger partial charge in [-0.3, -0.25) is 4.79 Å². The summed E-state index contributed by atoms with van der Waals surface area (Å²) in [5, 5.41) is 8.03. The monoisotopic (exact) mass is 363 g/mol. The summed E-state index contributed by atoms with van der Waals surface area (Å²) in [6.45, 7) is 0. The van der Waals surface area contributed by atoms with E-state index in [1.807, 2.05) is 30.3 Å². The van der Waals surface area contributed by atoms with E-state index in [1.54, 1.807) is 11.6 Å². The highest BCUT2D eigenvalue weighted by Gasteiger charge is 2.30. The Morgan fingerprint density at radius 1 is 1.00 bits per heavy atom. The van der Waals surface area contributed by atoms with E-state index in [1.165, 1.54) is 0 Å². The van der Waals surface area contributed by atoms with E-state index in [9.17, 15) is 18.0 Å². The second kappa shape index (κ2) is 6.72. The van der Waals surface area contributed by atoms with Crippen molar-refractivity contribution in [2.75, 3.05) is 0 Å². The van der Waals surface area contributed by atoms with Crippen LogP contribution in [0.3, 0.4) is 0 Å². The van der Waals surface area contributed by atoms with Gasteiger partial charge in [0.2, 0.25) is 5.12 Å². The third-order valence-electron chi connectivity index (χ3n) is 3.50. The molecule has 1 heterocycles. The van der Waals surface area contributed by atoms with Crippen LogP contribution in [0.4, 0.5) is 13.2 Å². The lowest BCUT2D eigenvalue weighted by Gasteiger charge is -2.07. The molecule has 1 aromatic heterocycles. The Kier molecular flexibility index (Phi) is 4.63. The average Bonchev–Trinajstić information content (AvgIpc) is 2.96. The summed E-state index contributed by atoms with van der Waals surface area (Å²) in [5.41, 5.74) is 0.229. The van der Waals surface area contributed by atoms with E-state index in [-0.39, 0.29) is 5.56 Å². The maximum atomic E-state index is 12.6. The molecule has 0 N–H and O–H groups in total. The van der Waals surface area contributed by atoms with Gasteiger partial charge in [-0.15, -0.1) is 10.2 Å². The van der Waals surface area contributed by atoms with E-state index in [0.717, 1.165) is 41.6 Å². The minimum atomic E-state index is -4.43. The molecule has 0 aliphatic heterocycles. The third kappa shape index (κ3) is 3.74. The fourth-order valence-corrected chi connectivity index (χ4v) is 2.90. The number of carbonyl (C=O) groups excluding carboxylic acids is 1. The zero-order chi connectivity index (χ0) is 18.0. The highest BCUT2D eigenvalue weighted by molar-refractivity contribution is 8.14. The number of carbonyl (C=O) groups is 1. The zero-order valence-electron chi connectivity index (χ0n) is 13.0. The van der Waals surface area contributed by atoms with Crippen LogP contribution >= 0.6 is 11.8 Å². The van der Waals surface area contributed by atoms with Crippen molar-refractivity contribution in [1.29, 1.82) is 0 Å². The van der Waals surface area contributed by atoms with Crippen LogP contribution in [0.25, 0.3) is 11.4 Å². The molecule has 0 unspecified atom stereocenters. The van der Waals surface area contributed by atoms with Gasteiger partial charge in [0.1, 0.15) is 0 Å². The number of hydrogen-bond acceptors (Lipinski definition) is 4. The standard InChI is InChI=1S/C17H12F3N3OS/c1-23-14(11-5-3-2-4-6-11)21-22-16(23)25-15(24)12-7-9-13(10-8-12)17(18,19)20/h2-10H,1H3. The summed E-state index contributed by atoms with van der Waals surface area (Å²) in [7, 11) is 1.73. The van der Waals surface area contributed by atoms with Gasteiger partial charge in [0, 0.05) is 18.2 Å². The van der Waals surface area contributed by atoms with Crippen LogP contribution in [0, 0.1) is 0 Å². The molecule has 0 spiro atoms. The maximum Gasteiger partial charge on any atom is 0.416 e. The molecule has 2 aromatic carbocycles. The molecule has 4 nitrogen and oxygen atoms in total. The zero-order valence-corrected chi connectivity index (χ0v) is 13.8. The number of alkyl halides is 3. The lowest BCUT2D eigenvalue weighted by atomic mass is 10.1. The van der Waals surface area contributed by atoms with E-state index >= 15 is 0 Å². The molecule has 0 atom stereocenters. The van der Waals surface area contributed by atoms with Gasteiger partial charge in [0.25, 0.3) is 0 Å². The van der Waals surface area contributed by atoms with Crippen molar-refractivity contribution in [3.8, 4) is 11.4 Å². The van der Waals surface area contributed by atoms with Gasteiger partial charge < -0.3 is 4.57 Å². The Hall–Kier alpha value is -2.61. The fourth-order valence-electron chi connectivity index (χ4n) is 2.18. The van der Waals surface area contributed by atoms with Crippen molar-refractivity contribution < 1.29 is 18.0 Å². The molecule has 8 heteroatoms. The second-order valence-electron chi connectivity index (χ2n) is 5.20. The van der Waals surface area contributed by atoms with Crippen molar-refractivity contribution in [3.05, 3.63) is 65.7 Å². The first-order chi connectivity index (χ1) is 11.9. The first-order valence-electron chi connectivity index (χ1n) is 7.20. The molecule has 0 fully saturated rings. The van der Waals surface area contributed by atoms with Crippen molar-refractivity contribution in [2.45, 2.75) is 11.3 Å². The van der Waals surface area contributed by atoms with E-state index in [0.29, 0.717) is 11.0 Å². The van der Waals surface area contributed by atoms with Crippen LogP contribution in [-0.4, -0.2) is 19.9 Å². The van der Waals surface area contributed by atoms with Gasteiger partial charge in [-0.25, -0.2) is 0 Å². The van der Waals surface area contributed by atoms with E-state index < -0.39 is 16.9 Å². The van der Waals surface area contributed by atoms with Gasteiger partial charge in [0.05, 0.1) is 5.56 Å². The first kappa shape index (κ1) is 17.2. The Balaban J connectivity index is 1.79. The van der Waals surface area contributed by atoms with Gasteiger partial charge >= 0.3 is 6.18 Å². The number of rotatable bonds is 3. The largest absolute Gasteiger partial charge is 0.416 e. The van der Waals surface area contributed by atoms with E-state index in [4.69, 9.17) is 0 Å². The smallest absolute Gasteiger partial charge is 0.305 e. The van der Waals surface area contributed by atoms with Crippen LogP contribution < -0.4 is 0 Å². The van der Waals surface area contributed by atoms with E-state index in [2.05, 4.69) is 10.2 Å². The van der Waals surface area contributed by atoms with Crippen molar-refractivity contribution in [2.24, 2.45) is 7.05 Å². The fraction of sp³-hybridized carbons (Fsp3) is 0.118. The molecule has 0 aliphatic rings. The molecule has 0 saturated carbocycles. The molecular formula is C17H12F3N3OS. The summed E-state index contributed by atoms with van der Waals surface area (Å²) in [6.07, 6.45) is -4.43. The topological polar surface area (TPSA) is 47.8 Å². The number of thioether (sulfide) groups is 1. The van der Waals surface area contributed by atoms with Crippen LogP contribution in [0.2, 0.25) is 0 Å². The highest BCUT2D eigenvalue weighted by Crippen LogP contribution is 2.30. The van der Waals surface area contributed by atoms with Crippen LogP contribution in [0.1, 0.15) is 15.9 Å². The molecule has 0 bridgehead atoms. The molecule has 3 rings (SSSR count). The molecule has 0 amide bonds. The summed E-state index contributed by atoms with van der Waals surface area (Å²) < 4.78 is 39.4. The first-order valence-corrected chi connectivity index (χ1v) is 8.02. The molecule has 0 aliphatic carbocycles. The van der Waals surface area contributed by atoms with Crippen LogP contribution in [0.15, 0.2) is 59.8 Å². The molecule has 3 aromatic rings. The molecular weight excluding hydrogens is 351 g/mol. The Labute approximate surface area is 145 Å². The second-order valence-corrected chi connectivity index (χ2v) is 6.14. The van der Waals surface area contributed by atoms with Gasteiger partial charge in [-0.1, -0.05) is 30.3 Å². The van der Waals surface area contributed by atoms with Gasteiger partial charge in [-0.05, 0) is 36.0 Å². The molecule has 0 saturated heterocycles. The molecule has 25 heavy (non-hydrogen) atoms. The van der Waals surface area contributed by atoms with Gasteiger partial charge in [0.15, 0.2) is 11.0 Å². The predicted molar refractivity (Wildman–Crippen MR) is 88.1 cm³/mol. The lowest BCUT2D eigenvalue weighted by Crippen LogP contribution is -2.05. The van der Waals surface area contributed by atoms with Crippen molar-refractivity contribution in [3.63, 3.8) is 0 Å². The Bertz CT molecular complexity index is 890. The highest BCUT2D eigenvalue weighted by atomic mass is 32.2. The molecule has 0 radical (unpaired) electrons. The van der Waals surface area contributed by atoms with Crippen molar-refractivity contribution in [1.82, 2.24) is 14.8 Å². The number of aromatic nitrogens is 3. The molecule has 128 valence electrons. The maximum absolute atomic E-state index is 12.6. The Morgan fingerprint density at radius 2 is 1.64 bits per heavy atom. The van der Waals surface area contributed by atoms with Crippen LogP contribution in [0.5, 0.6) is 0 Å². The number of benzene rings is 2. The number of halogens is 3. The Morgan fingerprint density at radius 3 is 2.24 bits per heavy atom. The summed E-state index contributed by atoms with van der Waals surface area (Å²) in [4.78, 5) is 12.3. The van der Waals surface area contributed by atoms with Gasteiger partial charge in [-0.2, -0.15) is 13.2 Å². The van der Waals surface area contributed by atoms with Crippen LogP contribution in [-0.2, 0) is 13.2 Å². The third-order valence-corrected chi connectivity index (χ3v) is 4.46.